The molecule has 3 heterocycles. The Labute approximate surface area is 370 Å². The summed E-state index contributed by atoms with van der Waals surface area (Å²) in [6.07, 6.45) is -12.4. The molecule has 334 valence electrons. The first kappa shape index (κ1) is 43.6. The summed E-state index contributed by atoms with van der Waals surface area (Å²) in [5, 5.41) is 67.5. The fraction of sp³-hybridized carbons (Fsp3) is 0.275. The van der Waals surface area contributed by atoms with E-state index in [1.54, 1.807) is 0 Å². The molecule has 6 N–H and O–H groups in total. The van der Waals surface area contributed by atoms with Gasteiger partial charge in [0, 0.05) is 43.5 Å². The lowest BCUT2D eigenvalue weighted by atomic mass is 9.86. The summed E-state index contributed by atoms with van der Waals surface area (Å²) >= 11 is 0. The van der Waals surface area contributed by atoms with Crippen LogP contribution in [0.1, 0.15) is 81.0 Å². The number of hydrogen-bond acceptors (Lipinski definition) is 14. The van der Waals surface area contributed by atoms with Gasteiger partial charge in [0.2, 0.25) is 0 Å². The van der Waals surface area contributed by atoms with Crippen molar-refractivity contribution in [1.29, 1.82) is 0 Å². The quantitative estimate of drug-likeness (QED) is 0.0912. The molecule has 65 heavy (non-hydrogen) atoms. The van der Waals surface area contributed by atoms with Crippen LogP contribution in [0.5, 0.6) is 11.5 Å². The lowest BCUT2D eigenvalue weighted by Crippen LogP contribution is -2.46. The van der Waals surface area contributed by atoms with E-state index in [-0.39, 0.29) is 69.5 Å². The van der Waals surface area contributed by atoms with Crippen LogP contribution in [-0.4, -0.2) is 55.1 Å². The number of rotatable bonds is 13. The smallest absolute Gasteiger partial charge is 0.193 e. The van der Waals surface area contributed by atoms with Crippen molar-refractivity contribution in [1.82, 2.24) is 0 Å². The Kier molecular flexibility index (Phi) is 12.4. The van der Waals surface area contributed by atoms with E-state index in [1.807, 2.05) is 91.0 Å². The van der Waals surface area contributed by atoms with Crippen molar-refractivity contribution in [2.75, 3.05) is 0 Å². The third-order valence-corrected chi connectivity index (χ3v) is 12.1. The van der Waals surface area contributed by atoms with Gasteiger partial charge < -0.3 is 53.4 Å². The predicted octanol–water partition coefficient (Wildman–Crippen LogP) is 4.83. The Morgan fingerprint density at radius 1 is 0.415 bits per heavy atom. The van der Waals surface area contributed by atoms with E-state index in [9.17, 15) is 45.0 Å². The molecule has 2 aliphatic rings. The number of aryl methyl sites for hydroxylation is 6. The summed E-state index contributed by atoms with van der Waals surface area (Å²) in [4.78, 5) is 41.7. The molecule has 14 heteroatoms. The maximum Gasteiger partial charge on any atom is 0.193 e. The van der Waals surface area contributed by atoms with Gasteiger partial charge in [-0.2, -0.15) is 0 Å². The number of benzene rings is 4. The number of hydrogen-bond donors (Lipinski definition) is 6. The number of aliphatic hydroxyl groups is 6. The van der Waals surface area contributed by atoms with Gasteiger partial charge in [-0.05, 0) is 42.0 Å². The van der Waals surface area contributed by atoms with Crippen molar-refractivity contribution in [3.63, 3.8) is 0 Å². The average Bonchev–Trinajstić information content (AvgIpc) is 3.32. The molecular formula is C51H46O14. The van der Waals surface area contributed by atoms with Crippen LogP contribution in [0, 0.1) is 0 Å². The molecule has 0 aliphatic heterocycles. The third-order valence-electron chi connectivity index (χ3n) is 12.1. The Balaban J connectivity index is 1.12. The molecule has 0 saturated heterocycles. The molecule has 9 rings (SSSR count). The Morgan fingerprint density at radius 3 is 1.20 bits per heavy atom. The Hall–Kier alpha value is -6.65. The molecule has 0 saturated carbocycles. The van der Waals surface area contributed by atoms with Gasteiger partial charge in [-0.25, -0.2) is 0 Å². The largest absolute Gasteiger partial charge is 0.479 e. The predicted molar refractivity (Wildman–Crippen MR) is 235 cm³/mol. The van der Waals surface area contributed by atoms with E-state index >= 15 is 0 Å². The summed E-state index contributed by atoms with van der Waals surface area (Å²) < 4.78 is 31.0. The maximum atomic E-state index is 14.0. The van der Waals surface area contributed by atoms with E-state index in [4.69, 9.17) is 22.7 Å². The minimum atomic E-state index is -1.93. The molecule has 14 nitrogen and oxygen atoms in total. The molecule has 0 radical (unpaired) electrons. The van der Waals surface area contributed by atoms with E-state index in [0.717, 1.165) is 16.7 Å². The first-order chi connectivity index (χ1) is 31.4. The van der Waals surface area contributed by atoms with Gasteiger partial charge in [0.15, 0.2) is 40.0 Å². The molecule has 0 amide bonds. The maximum absolute atomic E-state index is 14.0. The molecular weight excluding hydrogens is 837 g/mol. The standard InChI is InChI=1S/C51H46O14/c52-34-22-30(19-16-27-10-4-1-5-11-27)61-37-26-39(65-51-41-36(54)24-32(21-18-29-14-8-3-9-15-29)63-49(41)45(58)43(56)47(51)60)38(25-33(34)37)64-50-40-35(53)23-31(20-17-28-12-6-2-7-13-28)62-48(40)44(57)42(55)46(50)59/h1-15,22-26,42-47,50-51,55-60H,16-21H2/t42-,43+,44-,45+,46-,47+,50-,51+/m0/s1. The second-order valence-electron chi connectivity index (χ2n) is 16.5. The van der Waals surface area contributed by atoms with Gasteiger partial charge in [0.1, 0.15) is 71.0 Å². The molecule has 8 atom stereocenters. The summed E-state index contributed by atoms with van der Waals surface area (Å²) in [6, 6.07) is 34.7. The van der Waals surface area contributed by atoms with Crippen molar-refractivity contribution in [2.24, 2.45) is 0 Å². The van der Waals surface area contributed by atoms with Crippen LogP contribution in [-0.2, 0) is 38.5 Å². The lowest BCUT2D eigenvalue weighted by molar-refractivity contribution is -0.126. The van der Waals surface area contributed by atoms with E-state index in [2.05, 4.69) is 0 Å². The number of ether oxygens (including phenoxy) is 2. The van der Waals surface area contributed by atoms with Crippen molar-refractivity contribution < 1.29 is 53.4 Å². The number of fused-ring (bicyclic) bond motifs is 3. The van der Waals surface area contributed by atoms with Crippen LogP contribution in [0.2, 0.25) is 0 Å². The second kappa shape index (κ2) is 18.4. The van der Waals surface area contributed by atoms with Crippen LogP contribution in [0.25, 0.3) is 11.0 Å². The monoisotopic (exact) mass is 882 g/mol. The van der Waals surface area contributed by atoms with Gasteiger partial charge in [-0.1, -0.05) is 91.0 Å². The summed E-state index contributed by atoms with van der Waals surface area (Å²) in [6.45, 7) is 0. The number of aliphatic hydroxyl groups excluding tert-OH is 6. The van der Waals surface area contributed by atoms with Gasteiger partial charge in [0.05, 0.1) is 16.5 Å². The zero-order chi connectivity index (χ0) is 45.4. The van der Waals surface area contributed by atoms with Crippen molar-refractivity contribution in [3.8, 4) is 11.5 Å². The lowest BCUT2D eigenvalue weighted by Gasteiger charge is -2.37. The SMILES string of the molecule is O=c1cc(CCc2ccccc2)oc2c1[C@@H](Oc1cc3oc(CCc4ccccc4)cc(=O)c3cc1O[C@H]1c3c(oc(CCc4ccccc4)cc3=O)[C@@H](O)[C@H](O)[C@@H]1O)[C@H](O)[C@H](O)[C@H]2O. The minimum Gasteiger partial charge on any atom is -0.479 e. The van der Waals surface area contributed by atoms with Crippen LogP contribution in [0.15, 0.2) is 149 Å². The fourth-order valence-corrected chi connectivity index (χ4v) is 8.56. The van der Waals surface area contributed by atoms with Crippen molar-refractivity contribution >= 4 is 11.0 Å². The topological polar surface area (TPSA) is 230 Å². The molecule has 3 aromatic heterocycles. The molecule has 0 fully saturated rings. The average molecular weight is 883 g/mol. The van der Waals surface area contributed by atoms with Gasteiger partial charge in [0.25, 0.3) is 0 Å². The van der Waals surface area contributed by atoms with Gasteiger partial charge >= 0.3 is 0 Å². The van der Waals surface area contributed by atoms with Crippen molar-refractivity contribution in [3.05, 3.63) is 209 Å². The molecule has 2 aliphatic carbocycles. The van der Waals surface area contributed by atoms with Crippen LogP contribution in [0.4, 0.5) is 0 Å². The fourth-order valence-electron chi connectivity index (χ4n) is 8.56. The second-order valence-corrected chi connectivity index (χ2v) is 16.5. The van der Waals surface area contributed by atoms with Gasteiger partial charge in [-0.15, -0.1) is 0 Å². The van der Waals surface area contributed by atoms with Crippen LogP contribution >= 0.6 is 0 Å². The van der Waals surface area contributed by atoms with E-state index < -0.39 is 65.1 Å². The first-order valence-electron chi connectivity index (χ1n) is 21.4. The zero-order valence-electron chi connectivity index (χ0n) is 34.9. The molecule has 0 bridgehead atoms. The minimum absolute atomic E-state index is 0.0000617. The normalized spacial score (nSPS) is 22.6. The molecule has 7 aromatic rings. The van der Waals surface area contributed by atoms with Crippen molar-refractivity contribution in [2.45, 2.75) is 87.4 Å². The highest BCUT2D eigenvalue weighted by atomic mass is 16.6. The first-order valence-corrected chi connectivity index (χ1v) is 21.4. The highest BCUT2D eigenvalue weighted by Crippen LogP contribution is 2.45. The molecule has 0 spiro atoms. The molecule has 4 aromatic carbocycles. The molecule has 0 unspecified atom stereocenters. The Bertz CT molecular complexity index is 2980. The zero-order valence-corrected chi connectivity index (χ0v) is 34.9. The summed E-state index contributed by atoms with van der Waals surface area (Å²) in [5.74, 6) is -0.532. The van der Waals surface area contributed by atoms with E-state index in [0.29, 0.717) is 31.4 Å². The summed E-state index contributed by atoms with van der Waals surface area (Å²) in [7, 11) is 0. The van der Waals surface area contributed by atoms with Gasteiger partial charge in [-0.3, -0.25) is 14.4 Å². The van der Waals surface area contributed by atoms with Crippen LogP contribution in [0.3, 0.4) is 0 Å². The highest BCUT2D eigenvalue weighted by molar-refractivity contribution is 5.81. The third kappa shape index (κ3) is 8.92. The van der Waals surface area contributed by atoms with E-state index in [1.165, 1.54) is 30.3 Å². The van der Waals surface area contributed by atoms with Crippen LogP contribution < -0.4 is 25.8 Å². The summed E-state index contributed by atoms with van der Waals surface area (Å²) in [5.41, 5.74) is 0.502. The Morgan fingerprint density at radius 2 is 0.785 bits per heavy atom. The highest BCUT2D eigenvalue weighted by Gasteiger charge is 2.48.